The number of methoxy groups -OCH3 is 1. The second kappa shape index (κ2) is 29.5. The largest absolute Gasteiger partial charge is 0.393 e. The minimum Gasteiger partial charge on any atom is -0.393 e. The summed E-state index contributed by atoms with van der Waals surface area (Å²) >= 11 is 0. The van der Waals surface area contributed by atoms with Crippen molar-refractivity contribution in [2.45, 2.75) is 176 Å². The van der Waals surface area contributed by atoms with Gasteiger partial charge < -0.3 is 45.2 Å². The number of aliphatic hydroxyl groups is 1. The van der Waals surface area contributed by atoms with Crippen LogP contribution in [0.5, 0.6) is 0 Å². The third-order valence-electron chi connectivity index (χ3n) is 8.88. The first-order valence-electron chi connectivity index (χ1n) is 18.0. The van der Waals surface area contributed by atoms with E-state index in [9.17, 15) is 4.79 Å². The van der Waals surface area contributed by atoms with Gasteiger partial charge in [-0.25, -0.2) is 0 Å². The van der Waals surface area contributed by atoms with Gasteiger partial charge in [0.2, 0.25) is 0 Å². The maximum atomic E-state index is 9.79. The molecule has 0 radical (unpaired) electrons. The highest BCUT2D eigenvalue weighted by molar-refractivity contribution is 5.53. The smallest absolute Gasteiger partial charge is 0.158 e. The van der Waals surface area contributed by atoms with Crippen molar-refractivity contribution in [3.63, 3.8) is 0 Å². The number of nitrogens with zero attached hydrogens (tertiary/aromatic N) is 1. The Labute approximate surface area is 278 Å². The number of carbonyl (C=O) groups is 1. The summed E-state index contributed by atoms with van der Waals surface area (Å²) in [6, 6.07) is 0.646. The molecule has 0 spiro atoms. The van der Waals surface area contributed by atoms with Crippen molar-refractivity contribution in [2.75, 3.05) is 33.4 Å². The molecule has 2 aliphatic rings. The van der Waals surface area contributed by atoms with Crippen LogP contribution in [0.15, 0.2) is 0 Å². The summed E-state index contributed by atoms with van der Waals surface area (Å²) in [5, 5.41) is 8.59. The number of nitrogens with two attached hydrogens (primary N) is 2. The highest BCUT2D eigenvalue weighted by Gasteiger charge is 2.24. The van der Waals surface area contributed by atoms with Crippen molar-refractivity contribution in [1.82, 2.24) is 4.90 Å². The van der Waals surface area contributed by atoms with E-state index in [0.717, 1.165) is 64.1 Å². The van der Waals surface area contributed by atoms with Gasteiger partial charge in [-0.1, -0.05) is 41.0 Å². The quantitative estimate of drug-likeness (QED) is 0.127. The van der Waals surface area contributed by atoms with Crippen molar-refractivity contribution in [2.24, 2.45) is 29.2 Å². The van der Waals surface area contributed by atoms with E-state index in [1.54, 1.807) is 21.0 Å². The number of hydrogen-bond acceptors (Lipinski definition) is 9. The topological polar surface area (TPSA) is 130 Å². The molecule has 10 atom stereocenters. The van der Waals surface area contributed by atoms with Crippen LogP contribution in [-0.2, 0) is 23.7 Å². The molecule has 2 fully saturated rings. The summed E-state index contributed by atoms with van der Waals surface area (Å²) in [5.74, 6) is 1.21. The molecule has 0 aliphatic carbocycles. The molecular weight excluding hydrogens is 570 g/mol. The van der Waals surface area contributed by atoms with Crippen LogP contribution in [-0.4, -0.2) is 92.6 Å². The van der Waals surface area contributed by atoms with Crippen molar-refractivity contribution in [3.05, 3.63) is 0 Å². The third-order valence-corrected chi connectivity index (χ3v) is 8.88. The SMILES string of the molecule is CC(O)C(C)C=O.CC1CCOC(C)C1.CCC(N)OC.CCC[C@@H](C)N(CCCN)CCC(C)[C@@H](C)OC1CCCC(C)O1. The summed E-state index contributed by atoms with van der Waals surface area (Å²) in [6.45, 7) is 25.0. The van der Waals surface area contributed by atoms with Crippen LogP contribution in [0.2, 0.25) is 0 Å². The maximum absolute atomic E-state index is 9.79. The molecule has 0 bridgehead atoms. The molecule has 2 saturated heterocycles. The lowest BCUT2D eigenvalue weighted by atomic mass is 9.99. The Morgan fingerprint density at radius 2 is 1.67 bits per heavy atom. The van der Waals surface area contributed by atoms with E-state index in [2.05, 4.69) is 58.1 Å². The molecule has 8 unspecified atom stereocenters. The first-order chi connectivity index (χ1) is 21.2. The molecule has 0 aromatic carbocycles. The van der Waals surface area contributed by atoms with E-state index in [1.807, 2.05) is 6.92 Å². The Balaban J connectivity index is 0. The fourth-order valence-electron chi connectivity index (χ4n) is 5.00. The van der Waals surface area contributed by atoms with Gasteiger partial charge in [-0.3, -0.25) is 0 Å². The van der Waals surface area contributed by atoms with E-state index in [0.29, 0.717) is 24.2 Å². The number of aldehydes is 1. The fraction of sp³-hybridized carbons (Fsp3) is 0.972. The summed E-state index contributed by atoms with van der Waals surface area (Å²) in [5.41, 5.74) is 11.0. The average Bonchev–Trinajstić information content (AvgIpc) is 3.00. The first-order valence-corrected chi connectivity index (χ1v) is 18.0. The van der Waals surface area contributed by atoms with E-state index >= 15 is 0 Å². The summed E-state index contributed by atoms with van der Waals surface area (Å²) < 4.78 is 22.1. The number of carbonyl (C=O) groups excluding carboxylic acids is 1. The maximum Gasteiger partial charge on any atom is 0.158 e. The van der Waals surface area contributed by atoms with Crippen LogP contribution in [0.1, 0.15) is 133 Å². The van der Waals surface area contributed by atoms with E-state index in [4.69, 9.17) is 30.8 Å². The Bertz CT molecular complexity index is 646. The molecule has 2 rings (SSSR count). The Morgan fingerprint density at radius 3 is 2.07 bits per heavy atom. The molecule has 272 valence electrons. The summed E-state index contributed by atoms with van der Waals surface area (Å²) in [7, 11) is 1.61. The van der Waals surface area contributed by atoms with Crippen LogP contribution < -0.4 is 11.5 Å². The molecule has 5 N–H and O–H groups in total. The third kappa shape index (κ3) is 26.0. The van der Waals surface area contributed by atoms with Crippen LogP contribution >= 0.6 is 0 Å². The number of ether oxygens (including phenoxy) is 4. The summed E-state index contributed by atoms with van der Waals surface area (Å²) in [6.07, 6.45) is 12.8. The molecule has 2 aliphatic heterocycles. The summed E-state index contributed by atoms with van der Waals surface area (Å²) in [4.78, 5) is 12.4. The van der Waals surface area contributed by atoms with Gasteiger partial charge >= 0.3 is 0 Å². The second-order valence-electron chi connectivity index (χ2n) is 13.5. The lowest BCUT2D eigenvalue weighted by Crippen LogP contribution is -2.38. The molecule has 0 aromatic heterocycles. The van der Waals surface area contributed by atoms with E-state index in [-0.39, 0.29) is 24.5 Å². The zero-order valence-corrected chi connectivity index (χ0v) is 31.3. The van der Waals surface area contributed by atoms with Crippen molar-refractivity contribution < 1.29 is 28.8 Å². The van der Waals surface area contributed by atoms with Gasteiger partial charge in [0.15, 0.2) is 6.29 Å². The van der Waals surface area contributed by atoms with Gasteiger partial charge in [0, 0.05) is 25.7 Å². The van der Waals surface area contributed by atoms with Crippen molar-refractivity contribution >= 4 is 6.29 Å². The Hall–Kier alpha value is -0.650. The Kier molecular flexibility index (Phi) is 30.4. The predicted molar refractivity (Wildman–Crippen MR) is 188 cm³/mol. The molecule has 2 heterocycles. The van der Waals surface area contributed by atoms with Gasteiger partial charge in [0.1, 0.15) is 12.5 Å². The van der Waals surface area contributed by atoms with Gasteiger partial charge in [-0.15, -0.1) is 0 Å². The Morgan fingerprint density at radius 1 is 1.00 bits per heavy atom. The van der Waals surface area contributed by atoms with Crippen LogP contribution in [0.3, 0.4) is 0 Å². The van der Waals surface area contributed by atoms with Crippen molar-refractivity contribution in [3.8, 4) is 0 Å². The minimum absolute atomic E-state index is 0.00133. The lowest BCUT2D eigenvalue weighted by Gasteiger charge is -2.33. The minimum atomic E-state index is -0.502. The molecular formula is C36H77N3O6. The first kappa shape index (κ1) is 46.5. The standard InChI is InChI=1S/C20H42N2O2.C7H14O.C5H10O2.C4H11NO/c1-6-9-17(3)22(14-8-13-21)15-12-16(2)19(5)24-20-11-7-10-18(4)23-20;1-6-3-4-8-7(2)5-6;1-4(3-6)5(2)7;1-3-4(5)6-2/h16-20H,6-15,21H2,1-5H3;6-7H,3-5H2,1-2H3;3-5,7H,1-2H3;4H,3,5H2,1-2H3/t16?,17-,18?,19-,20?;;;/m1.../s1. The molecule has 9 heteroatoms. The average molecular weight is 648 g/mol. The zero-order chi connectivity index (χ0) is 34.8. The molecule has 9 nitrogen and oxygen atoms in total. The van der Waals surface area contributed by atoms with Gasteiger partial charge in [-0.2, -0.15) is 0 Å². The van der Waals surface area contributed by atoms with Gasteiger partial charge in [-0.05, 0) is 124 Å². The normalized spacial score (nSPS) is 25.5. The second-order valence-corrected chi connectivity index (χ2v) is 13.5. The lowest BCUT2D eigenvalue weighted by molar-refractivity contribution is -0.215. The molecule has 0 amide bonds. The fourth-order valence-corrected chi connectivity index (χ4v) is 5.00. The van der Waals surface area contributed by atoms with Crippen LogP contribution in [0, 0.1) is 17.8 Å². The van der Waals surface area contributed by atoms with Crippen LogP contribution in [0.25, 0.3) is 0 Å². The zero-order valence-electron chi connectivity index (χ0n) is 31.3. The van der Waals surface area contributed by atoms with E-state index < -0.39 is 6.10 Å². The predicted octanol–water partition coefficient (Wildman–Crippen LogP) is 6.52. The molecule has 45 heavy (non-hydrogen) atoms. The number of aliphatic hydroxyl groups excluding tert-OH is 1. The number of hydrogen-bond donors (Lipinski definition) is 3. The van der Waals surface area contributed by atoms with Crippen LogP contribution in [0.4, 0.5) is 0 Å². The highest BCUT2D eigenvalue weighted by atomic mass is 16.7. The van der Waals surface area contributed by atoms with Crippen molar-refractivity contribution in [1.29, 1.82) is 0 Å². The van der Waals surface area contributed by atoms with Gasteiger partial charge in [0.05, 0.1) is 24.4 Å². The molecule has 0 aromatic rings. The monoisotopic (exact) mass is 648 g/mol. The highest BCUT2D eigenvalue weighted by Crippen LogP contribution is 2.24. The van der Waals surface area contributed by atoms with E-state index in [1.165, 1.54) is 38.5 Å². The van der Waals surface area contributed by atoms with Gasteiger partial charge in [0.25, 0.3) is 0 Å². The molecule has 0 saturated carbocycles. The number of rotatable bonds is 16.